The third-order valence-corrected chi connectivity index (χ3v) is 3.19. The van der Waals surface area contributed by atoms with E-state index < -0.39 is 0 Å². The Morgan fingerprint density at radius 3 is 1.90 bits per heavy atom. The molecule has 0 aliphatic rings. The molecule has 0 unspecified atom stereocenters. The predicted octanol–water partition coefficient (Wildman–Crippen LogP) is -1.43. The average molecular weight is 390 g/mol. The molecule has 0 saturated carbocycles. The molecule has 0 atom stereocenters. The average Bonchev–Trinajstić information content (AvgIpc) is 2.57. The van der Waals surface area contributed by atoms with Gasteiger partial charge >= 0.3 is 26.2 Å². The van der Waals surface area contributed by atoms with E-state index in [1.165, 1.54) is 22.0 Å². The van der Waals surface area contributed by atoms with Crippen LogP contribution in [-0.4, -0.2) is 4.98 Å². The van der Waals surface area contributed by atoms with E-state index in [9.17, 15) is 0 Å². The van der Waals surface area contributed by atoms with Crippen molar-refractivity contribution in [3.8, 4) is 0 Å². The van der Waals surface area contributed by atoms with E-state index in [-0.39, 0.29) is 61.8 Å². The largest absolute Gasteiger partial charge is 3.00 e. The van der Waals surface area contributed by atoms with Gasteiger partial charge < -0.3 is 29.8 Å². The first-order chi connectivity index (χ1) is 7.71. The standard InChI is InChI=1S/C16H22N.2ClH.Zr/c1-15(2,3)11-8-7-9-13-14(11)12(10-17-13)16(4,5)6;;;/h7-9,17H,1-6H3;2*1H;/q-1;;;+3/p-2. The van der Waals surface area contributed by atoms with Crippen LogP contribution in [0.5, 0.6) is 0 Å². The molecule has 1 radical (unpaired) electrons. The Morgan fingerprint density at radius 1 is 0.900 bits per heavy atom. The summed E-state index contributed by atoms with van der Waals surface area (Å²) in [5, 5.41) is 1.35. The van der Waals surface area contributed by atoms with E-state index in [0.717, 1.165) is 0 Å². The fourth-order valence-corrected chi connectivity index (χ4v) is 2.31. The van der Waals surface area contributed by atoms with Gasteiger partial charge in [0.15, 0.2) is 0 Å². The second-order valence-electron chi connectivity index (χ2n) is 6.85. The maximum atomic E-state index is 3.34. The van der Waals surface area contributed by atoms with E-state index >= 15 is 0 Å². The number of fused-ring (bicyclic) bond motifs is 1. The van der Waals surface area contributed by atoms with Crippen LogP contribution in [0.15, 0.2) is 18.2 Å². The van der Waals surface area contributed by atoms with Crippen LogP contribution in [0.1, 0.15) is 52.7 Å². The normalized spacial score (nSPS) is 11.3. The Balaban J connectivity index is 0. The summed E-state index contributed by atoms with van der Waals surface area (Å²) in [6.07, 6.45) is 3.34. The Kier molecular flexibility index (Phi) is 8.41. The maximum Gasteiger partial charge on any atom is 3.00 e. The van der Waals surface area contributed by atoms with Gasteiger partial charge in [-0.2, -0.15) is 0 Å². The predicted molar refractivity (Wildman–Crippen MR) is 74.5 cm³/mol. The van der Waals surface area contributed by atoms with Crippen LogP contribution < -0.4 is 24.8 Å². The van der Waals surface area contributed by atoms with E-state index in [1.807, 2.05) is 0 Å². The van der Waals surface area contributed by atoms with Gasteiger partial charge in [0.1, 0.15) is 0 Å². The molecular formula is C16H22Cl2NZr. The number of rotatable bonds is 0. The van der Waals surface area contributed by atoms with Crippen molar-refractivity contribution in [1.29, 1.82) is 0 Å². The van der Waals surface area contributed by atoms with Gasteiger partial charge in [0.05, 0.1) is 0 Å². The summed E-state index contributed by atoms with van der Waals surface area (Å²) >= 11 is 0. The first kappa shape index (κ1) is 22.5. The van der Waals surface area contributed by atoms with Crippen LogP contribution in [-0.2, 0) is 37.0 Å². The fraction of sp³-hybridized carbons (Fsp3) is 0.500. The molecule has 0 aliphatic heterocycles. The van der Waals surface area contributed by atoms with E-state index in [4.69, 9.17) is 0 Å². The minimum atomic E-state index is 0. The number of nitrogens with one attached hydrogen (secondary N) is 1. The van der Waals surface area contributed by atoms with Crippen molar-refractivity contribution in [3.63, 3.8) is 0 Å². The number of H-pyrrole nitrogens is 1. The summed E-state index contributed by atoms with van der Waals surface area (Å²) in [5.74, 6) is 0. The third-order valence-electron chi connectivity index (χ3n) is 3.19. The summed E-state index contributed by atoms with van der Waals surface area (Å²) in [6, 6.07) is 6.50. The summed E-state index contributed by atoms with van der Waals surface area (Å²) in [5.41, 5.74) is 4.17. The number of hydrogen-bond acceptors (Lipinski definition) is 0. The molecule has 0 amide bonds. The molecule has 2 rings (SSSR count). The van der Waals surface area contributed by atoms with Crippen LogP contribution in [0.4, 0.5) is 0 Å². The summed E-state index contributed by atoms with van der Waals surface area (Å²) in [4.78, 5) is 3.28. The van der Waals surface area contributed by atoms with Crippen LogP contribution in [0.3, 0.4) is 0 Å². The molecule has 1 heterocycles. The first-order valence-corrected chi connectivity index (χ1v) is 6.24. The van der Waals surface area contributed by atoms with Crippen LogP contribution in [0.2, 0.25) is 0 Å². The molecule has 20 heavy (non-hydrogen) atoms. The van der Waals surface area contributed by atoms with Gasteiger partial charge in [0, 0.05) is 0 Å². The van der Waals surface area contributed by atoms with Crippen molar-refractivity contribution < 1.29 is 51.0 Å². The van der Waals surface area contributed by atoms with Gasteiger partial charge in [-0.3, -0.25) is 0 Å². The van der Waals surface area contributed by atoms with Crippen molar-refractivity contribution in [2.45, 2.75) is 52.4 Å². The Morgan fingerprint density at radius 2 is 1.45 bits per heavy atom. The number of aromatic amines is 1. The second-order valence-corrected chi connectivity index (χ2v) is 6.85. The summed E-state index contributed by atoms with van der Waals surface area (Å²) in [7, 11) is 0. The number of aromatic nitrogens is 1. The molecule has 1 aromatic carbocycles. The van der Waals surface area contributed by atoms with Gasteiger partial charge in [0.2, 0.25) is 0 Å². The quantitative estimate of drug-likeness (QED) is 0.531. The molecule has 109 valence electrons. The zero-order chi connectivity index (χ0) is 12.8. The Hall–Kier alpha value is 0.223. The monoisotopic (exact) mass is 388 g/mol. The molecule has 0 spiro atoms. The first-order valence-electron chi connectivity index (χ1n) is 6.24. The Labute approximate surface area is 154 Å². The number of halogens is 2. The molecule has 0 bridgehead atoms. The van der Waals surface area contributed by atoms with E-state index in [2.05, 4.69) is 70.9 Å². The molecule has 1 aromatic heterocycles. The minimum Gasteiger partial charge on any atom is -1.00 e. The van der Waals surface area contributed by atoms with Crippen molar-refractivity contribution in [2.75, 3.05) is 0 Å². The van der Waals surface area contributed by atoms with Crippen LogP contribution >= 0.6 is 0 Å². The smallest absolute Gasteiger partial charge is 1.00 e. The zero-order valence-electron chi connectivity index (χ0n) is 13.0. The second kappa shape index (κ2) is 7.48. The van der Waals surface area contributed by atoms with E-state index in [0.29, 0.717) is 0 Å². The zero-order valence-corrected chi connectivity index (χ0v) is 17.0. The minimum absolute atomic E-state index is 0. The van der Waals surface area contributed by atoms with Crippen molar-refractivity contribution >= 4 is 10.9 Å². The number of benzene rings is 1. The summed E-state index contributed by atoms with van der Waals surface area (Å²) < 4.78 is 0. The molecule has 0 aliphatic carbocycles. The SMILES string of the molecule is CC(C)(C)c1[c-][nH]c2cccc(C(C)(C)C)c12.[Cl-].[Cl-].[Zr+3]. The molecular weight excluding hydrogens is 368 g/mol. The Bertz CT molecular complexity index is 548. The molecule has 0 fully saturated rings. The fourth-order valence-electron chi connectivity index (χ4n) is 2.31. The van der Waals surface area contributed by atoms with Gasteiger partial charge in [0.25, 0.3) is 0 Å². The van der Waals surface area contributed by atoms with Crippen LogP contribution in [0, 0.1) is 6.20 Å². The van der Waals surface area contributed by atoms with Gasteiger partial charge in [-0.15, -0.1) is 28.7 Å². The van der Waals surface area contributed by atoms with Gasteiger partial charge in [-0.25, -0.2) is 0 Å². The van der Waals surface area contributed by atoms with Crippen LogP contribution in [0.25, 0.3) is 10.9 Å². The molecule has 4 heteroatoms. The van der Waals surface area contributed by atoms with Gasteiger partial charge in [-0.05, 0) is 10.8 Å². The molecule has 2 aromatic rings. The van der Waals surface area contributed by atoms with Gasteiger partial charge in [-0.1, -0.05) is 59.2 Å². The molecule has 1 N–H and O–H groups in total. The number of hydrogen-bond donors (Lipinski definition) is 1. The molecule has 1 nitrogen and oxygen atoms in total. The van der Waals surface area contributed by atoms with Crippen molar-refractivity contribution in [1.82, 2.24) is 4.98 Å². The third kappa shape index (κ3) is 4.36. The maximum absolute atomic E-state index is 3.34. The topological polar surface area (TPSA) is 15.8 Å². The van der Waals surface area contributed by atoms with Crippen molar-refractivity contribution in [2.24, 2.45) is 0 Å². The summed E-state index contributed by atoms with van der Waals surface area (Å²) in [6.45, 7) is 13.5. The van der Waals surface area contributed by atoms with E-state index in [1.54, 1.807) is 0 Å². The van der Waals surface area contributed by atoms with Crippen molar-refractivity contribution in [3.05, 3.63) is 35.5 Å². The molecule has 0 saturated heterocycles.